The number of H-pyrrole nitrogens is 1. The predicted octanol–water partition coefficient (Wildman–Crippen LogP) is 3.22. The van der Waals surface area contributed by atoms with E-state index in [1.807, 2.05) is 12.1 Å². The number of aromatic amines is 1. The number of fused-ring (bicyclic) bond motifs is 2. The zero-order valence-electron chi connectivity index (χ0n) is 12.0. The van der Waals surface area contributed by atoms with Crippen LogP contribution in [0.3, 0.4) is 0 Å². The topological polar surface area (TPSA) is 59.2 Å². The molecule has 0 bridgehead atoms. The third-order valence-corrected chi connectivity index (χ3v) is 3.59. The maximum atomic E-state index is 13.2. The van der Waals surface area contributed by atoms with Crippen molar-refractivity contribution in [1.82, 2.24) is 9.97 Å². The van der Waals surface area contributed by atoms with E-state index in [-0.39, 0.29) is 0 Å². The Morgan fingerprint density at radius 3 is 2.61 bits per heavy atom. The zero-order chi connectivity index (χ0) is 15.8. The van der Waals surface area contributed by atoms with Gasteiger partial charge in [0.15, 0.2) is 23.1 Å². The Balaban J connectivity index is 1.55. The summed E-state index contributed by atoms with van der Waals surface area (Å²) in [4.78, 5) is 7.52. The second kappa shape index (κ2) is 5.42. The Labute approximate surface area is 130 Å². The molecule has 1 aromatic heterocycles. The molecule has 0 fully saturated rings. The fourth-order valence-electron chi connectivity index (χ4n) is 2.47. The summed E-state index contributed by atoms with van der Waals surface area (Å²) < 4.78 is 37.1. The second-order valence-corrected chi connectivity index (χ2v) is 5.20. The van der Waals surface area contributed by atoms with Crippen molar-refractivity contribution < 1.29 is 18.3 Å². The number of halogens is 2. The lowest BCUT2D eigenvalue weighted by atomic mass is 10.2. The van der Waals surface area contributed by atoms with Crippen LogP contribution in [0.4, 0.5) is 14.7 Å². The first kappa shape index (κ1) is 13.8. The van der Waals surface area contributed by atoms with Crippen LogP contribution in [-0.2, 0) is 6.54 Å². The third kappa shape index (κ3) is 2.65. The van der Waals surface area contributed by atoms with Gasteiger partial charge in [-0.15, -0.1) is 0 Å². The maximum Gasteiger partial charge on any atom is 0.201 e. The van der Waals surface area contributed by atoms with E-state index >= 15 is 0 Å². The van der Waals surface area contributed by atoms with Gasteiger partial charge in [-0.3, -0.25) is 0 Å². The summed E-state index contributed by atoms with van der Waals surface area (Å²) >= 11 is 0. The van der Waals surface area contributed by atoms with Crippen LogP contribution < -0.4 is 14.8 Å². The average Bonchev–Trinajstić information content (AvgIpc) is 2.95. The van der Waals surface area contributed by atoms with E-state index in [9.17, 15) is 8.78 Å². The average molecular weight is 317 g/mol. The molecule has 23 heavy (non-hydrogen) atoms. The van der Waals surface area contributed by atoms with Gasteiger partial charge in [-0.1, -0.05) is 6.07 Å². The summed E-state index contributed by atoms with van der Waals surface area (Å²) in [5.74, 6) is 0.160. The monoisotopic (exact) mass is 317 g/mol. The number of hydrogen-bond donors (Lipinski definition) is 2. The summed E-state index contributed by atoms with van der Waals surface area (Å²) in [5, 5.41) is 3.05. The number of imidazole rings is 1. The van der Waals surface area contributed by atoms with Crippen molar-refractivity contribution in [2.75, 3.05) is 18.5 Å². The lowest BCUT2D eigenvalue weighted by Crippen LogP contribution is -2.15. The Morgan fingerprint density at radius 1 is 1.04 bits per heavy atom. The molecule has 0 spiro atoms. The summed E-state index contributed by atoms with van der Waals surface area (Å²) in [6, 6.07) is 7.43. The normalized spacial score (nSPS) is 13.3. The molecule has 0 amide bonds. The van der Waals surface area contributed by atoms with E-state index < -0.39 is 11.6 Å². The largest absolute Gasteiger partial charge is 0.486 e. The third-order valence-electron chi connectivity index (χ3n) is 3.59. The molecule has 0 radical (unpaired) electrons. The van der Waals surface area contributed by atoms with E-state index in [2.05, 4.69) is 15.3 Å². The van der Waals surface area contributed by atoms with Crippen LogP contribution in [0, 0.1) is 11.6 Å². The first-order chi connectivity index (χ1) is 11.2. The first-order valence-corrected chi connectivity index (χ1v) is 7.16. The van der Waals surface area contributed by atoms with Crippen LogP contribution in [0.2, 0.25) is 0 Å². The fourth-order valence-corrected chi connectivity index (χ4v) is 2.47. The van der Waals surface area contributed by atoms with Gasteiger partial charge in [-0.2, -0.15) is 0 Å². The van der Waals surface area contributed by atoms with Gasteiger partial charge >= 0.3 is 0 Å². The molecule has 0 atom stereocenters. The Hall–Kier alpha value is -2.83. The lowest BCUT2D eigenvalue weighted by molar-refractivity contribution is 0.172. The number of nitrogens with zero attached hydrogens (tertiary/aromatic N) is 1. The van der Waals surface area contributed by atoms with E-state index in [0.29, 0.717) is 42.8 Å². The summed E-state index contributed by atoms with van der Waals surface area (Å²) in [7, 11) is 0. The van der Waals surface area contributed by atoms with E-state index in [0.717, 1.165) is 23.2 Å². The van der Waals surface area contributed by atoms with E-state index in [1.54, 1.807) is 0 Å². The minimum atomic E-state index is -0.865. The van der Waals surface area contributed by atoms with Crippen LogP contribution in [0.25, 0.3) is 11.0 Å². The molecule has 0 saturated carbocycles. The highest BCUT2D eigenvalue weighted by molar-refractivity contribution is 5.81. The lowest BCUT2D eigenvalue weighted by Gasteiger charge is -2.17. The molecule has 0 saturated heterocycles. The Kier molecular flexibility index (Phi) is 3.25. The smallest absolute Gasteiger partial charge is 0.201 e. The molecule has 1 aliphatic rings. The molecular formula is C16H13F2N3O2. The van der Waals surface area contributed by atoms with Crippen LogP contribution in [0.1, 0.15) is 5.56 Å². The van der Waals surface area contributed by atoms with Crippen molar-refractivity contribution in [3.05, 3.63) is 47.5 Å². The second-order valence-electron chi connectivity index (χ2n) is 5.20. The Bertz CT molecular complexity index is 836. The zero-order valence-corrected chi connectivity index (χ0v) is 12.0. The predicted molar refractivity (Wildman–Crippen MR) is 80.8 cm³/mol. The number of nitrogens with one attached hydrogen (secondary N) is 2. The minimum absolute atomic E-state index is 0.323. The van der Waals surface area contributed by atoms with Gasteiger partial charge in [0, 0.05) is 18.7 Å². The molecule has 2 heterocycles. The fraction of sp³-hybridized carbons (Fsp3) is 0.188. The molecule has 2 aromatic carbocycles. The number of hydrogen-bond acceptors (Lipinski definition) is 4. The highest BCUT2D eigenvalue weighted by Crippen LogP contribution is 2.34. The molecular weight excluding hydrogens is 304 g/mol. The molecule has 4 rings (SSSR count). The Morgan fingerprint density at radius 2 is 1.83 bits per heavy atom. The van der Waals surface area contributed by atoms with Crippen molar-refractivity contribution in [2.24, 2.45) is 0 Å². The molecule has 3 aromatic rings. The summed E-state index contributed by atoms with van der Waals surface area (Å²) in [5.41, 5.74) is 2.17. The van der Waals surface area contributed by atoms with Gasteiger partial charge in [-0.25, -0.2) is 13.8 Å². The van der Waals surface area contributed by atoms with Gasteiger partial charge in [0.05, 0.1) is 11.0 Å². The summed E-state index contributed by atoms with van der Waals surface area (Å²) in [6.07, 6.45) is 0. The highest BCUT2D eigenvalue weighted by Gasteiger charge is 2.14. The van der Waals surface area contributed by atoms with Gasteiger partial charge in [0.25, 0.3) is 0 Å². The van der Waals surface area contributed by atoms with Crippen molar-refractivity contribution in [3.8, 4) is 11.5 Å². The standard InChI is InChI=1S/C16H13F2N3O2/c17-10-2-1-9(5-11(10)18)8-19-16-20-12-6-14-15(7-13(12)21-16)23-4-3-22-14/h1-2,5-7H,3-4,8H2,(H2,19,20,21). The van der Waals surface area contributed by atoms with E-state index in [4.69, 9.17) is 9.47 Å². The van der Waals surface area contributed by atoms with Gasteiger partial charge < -0.3 is 19.8 Å². The number of aromatic nitrogens is 2. The van der Waals surface area contributed by atoms with Crippen molar-refractivity contribution in [1.29, 1.82) is 0 Å². The number of anilines is 1. The number of benzene rings is 2. The van der Waals surface area contributed by atoms with Crippen LogP contribution in [0.15, 0.2) is 30.3 Å². The van der Waals surface area contributed by atoms with Crippen LogP contribution in [-0.4, -0.2) is 23.2 Å². The van der Waals surface area contributed by atoms with Gasteiger partial charge in [0.2, 0.25) is 5.95 Å². The quantitative estimate of drug-likeness (QED) is 0.779. The molecule has 1 aliphatic heterocycles. The molecule has 0 aliphatic carbocycles. The van der Waals surface area contributed by atoms with Crippen LogP contribution in [0.5, 0.6) is 11.5 Å². The SMILES string of the molecule is Fc1ccc(CNc2nc3cc4c(cc3[nH]2)OCCO4)cc1F. The minimum Gasteiger partial charge on any atom is -0.486 e. The van der Waals surface area contributed by atoms with Gasteiger partial charge in [-0.05, 0) is 17.7 Å². The number of ether oxygens (including phenoxy) is 2. The van der Waals surface area contributed by atoms with Crippen molar-refractivity contribution in [2.45, 2.75) is 6.54 Å². The van der Waals surface area contributed by atoms with Crippen molar-refractivity contribution in [3.63, 3.8) is 0 Å². The number of rotatable bonds is 3. The van der Waals surface area contributed by atoms with Gasteiger partial charge in [0.1, 0.15) is 13.2 Å². The van der Waals surface area contributed by atoms with Crippen molar-refractivity contribution >= 4 is 17.0 Å². The molecule has 118 valence electrons. The molecule has 7 heteroatoms. The molecule has 0 unspecified atom stereocenters. The van der Waals surface area contributed by atoms with E-state index in [1.165, 1.54) is 6.07 Å². The highest BCUT2D eigenvalue weighted by atomic mass is 19.2. The summed E-state index contributed by atoms with van der Waals surface area (Å²) in [6.45, 7) is 1.36. The molecule has 5 nitrogen and oxygen atoms in total. The maximum absolute atomic E-state index is 13.2. The first-order valence-electron chi connectivity index (χ1n) is 7.16. The molecule has 2 N–H and O–H groups in total. The van der Waals surface area contributed by atoms with Crippen LogP contribution >= 0.6 is 0 Å².